The zero-order valence-corrected chi connectivity index (χ0v) is 14.3. The summed E-state index contributed by atoms with van der Waals surface area (Å²) < 4.78 is 13.1. The molecule has 0 aliphatic carbocycles. The normalized spacial score (nSPS) is 19.8. The molecule has 1 aromatic heterocycles. The molecule has 1 unspecified atom stereocenters. The first-order valence-electron chi connectivity index (χ1n) is 8.79. The molecule has 2 aliphatic rings. The van der Waals surface area contributed by atoms with E-state index in [2.05, 4.69) is 14.9 Å². The van der Waals surface area contributed by atoms with Crippen molar-refractivity contribution in [3.05, 3.63) is 53.2 Å². The van der Waals surface area contributed by atoms with E-state index in [4.69, 9.17) is 0 Å². The van der Waals surface area contributed by atoms with Crippen molar-refractivity contribution in [3.8, 4) is 0 Å². The Morgan fingerprint density at radius 1 is 1.12 bits per heavy atom. The molecule has 2 saturated heterocycles. The molecular weight excluding hydrogens is 319 g/mol. The maximum atomic E-state index is 13.1. The molecule has 5 nitrogen and oxygen atoms in total. The molecule has 0 N–H and O–H groups in total. The van der Waals surface area contributed by atoms with E-state index in [1.807, 2.05) is 17.9 Å². The van der Waals surface area contributed by atoms with Crippen molar-refractivity contribution in [2.24, 2.45) is 0 Å². The fourth-order valence-electron chi connectivity index (χ4n) is 3.55. The number of carbonyl (C=O) groups excluding carboxylic acids is 1. The van der Waals surface area contributed by atoms with Gasteiger partial charge in [-0.15, -0.1) is 0 Å². The summed E-state index contributed by atoms with van der Waals surface area (Å²) in [5.74, 6) is 1.29. The van der Waals surface area contributed by atoms with Crippen LogP contribution in [-0.2, 0) is 0 Å². The maximum Gasteiger partial charge on any atom is 0.254 e. The first-order chi connectivity index (χ1) is 12.1. The van der Waals surface area contributed by atoms with Gasteiger partial charge in [0.25, 0.3) is 5.91 Å². The van der Waals surface area contributed by atoms with Gasteiger partial charge in [-0.05, 0) is 50.5 Å². The minimum atomic E-state index is -0.335. The molecule has 4 rings (SSSR count). The van der Waals surface area contributed by atoms with Crippen LogP contribution in [0, 0.1) is 12.7 Å². The third-order valence-electron chi connectivity index (χ3n) is 4.99. The molecule has 2 fully saturated rings. The topological polar surface area (TPSA) is 49.3 Å². The van der Waals surface area contributed by atoms with Crippen molar-refractivity contribution in [3.63, 3.8) is 0 Å². The largest absolute Gasteiger partial charge is 0.357 e. The molecule has 2 aromatic rings. The number of rotatable bonds is 3. The highest BCUT2D eigenvalue weighted by molar-refractivity contribution is 5.95. The van der Waals surface area contributed by atoms with Crippen LogP contribution in [0.25, 0.3) is 0 Å². The van der Waals surface area contributed by atoms with E-state index < -0.39 is 0 Å². The van der Waals surface area contributed by atoms with Crippen LogP contribution >= 0.6 is 0 Å². The van der Waals surface area contributed by atoms with Gasteiger partial charge in [-0.25, -0.2) is 14.4 Å². The van der Waals surface area contributed by atoms with E-state index in [1.165, 1.54) is 37.1 Å². The second-order valence-corrected chi connectivity index (χ2v) is 6.70. The lowest BCUT2D eigenvalue weighted by Crippen LogP contribution is -2.45. The number of carbonyl (C=O) groups is 1. The summed E-state index contributed by atoms with van der Waals surface area (Å²) in [6.45, 7) is 4.65. The summed E-state index contributed by atoms with van der Waals surface area (Å²) in [6.07, 6.45) is 3.27. The Morgan fingerprint density at radius 2 is 1.84 bits per heavy atom. The van der Waals surface area contributed by atoms with Gasteiger partial charge in [-0.3, -0.25) is 4.79 Å². The quantitative estimate of drug-likeness (QED) is 0.861. The van der Waals surface area contributed by atoms with E-state index in [1.54, 1.807) is 0 Å². The van der Waals surface area contributed by atoms with Crippen LogP contribution in [0.2, 0.25) is 0 Å². The zero-order valence-electron chi connectivity index (χ0n) is 14.3. The van der Waals surface area contributed by atoms with Crippen molar-refractivity contribution >= 4 is 11.7 Å². The van der Waals surface area contributed by atoms with E-state index in [0.717, 1.165) is 36.8 Å². The van der Waals surface area contributed by atoms with Crippen molar-refractivity contribution in [2.75, 3.05) is 24.5 Å². The van der Waals surface area contributed by atoms with Gasteiger partial charge in [0.05, 0.1) is 11.7 Å². The van der Waals surface area contributed by atoms with Crippen molar-refractivity contribution in [1.82, 2.24) is 14.9 Å². The van der Waals surface area contributed by atoms with Gasteiger partial charge in [-0.1, -0.05) is 0 Å². The van der Waals surface area contributed by atoms with Gasteiger partial charge in [0.15, 0.2) is 0 Å². The standard InChI is InChI=1S/C19H21FN4O/c1-13-21-16(12-18(22-13)23-9-2-3-10-23)17-8-11-24(17)19(25)14-4-6-15(20)7-5-14/h4-7,12,17H,2-3,8-11H2,1H3. The minimum absolute atomic E-state index is 0.0272. The second kappa shape index (κ2) is 6.43. The number of halogens is 1. The summed E-state index contributed by atoms with van der Waals surface area (Å²) in [7, 11) is 0. The molecule has 25 heavy (non-hydrogen) atoms. The summed E-state index contributed by atoms with van der Waals surface area (Å²) in [6, 6.07) is 7.71. The Labute approximate surface area is 146 Å². The molecule has 1 aromatic carbocycles. The van der Waals surface area contributed by atoms with Crippen LogP contribution in [0.5, 0.6) is 0 Å². The predicted octanol–water partition coefficient (Wildman–Crippen LogP) is 3.11. The van der Waals surface area contributed by atoms with Crippen LogP contribution in [0.4, 0.5) is 10.2 Å². The lowest BCUT2D eigenvalue weighted by atomic mass is 9.97. The number of anilines is 1. The average Bonchev–Trinajstić information content (AvgIpc) is 3.08. The van der Waals surface area contributed by atoms with E-state index in [9.17, 15) is 9.18 Å². The van der Waals surface area contributed by atoms with Gasteiger partial charge in [0, 0.05) is 31.3 Å². The molecular formula is C19H21FN4O. The van der Waals surface area contributed by atoms with E-state index >= 15 is 0 Å². The molecule has 0 saturated carbocycles. The Bertz CT molecular complexity index is 787. The van der Waals surface area contributed by atoms with Gasteiger partial charge >= 0.3 is 0 Å². The van der Waals surface area contributed by atoms with Crippen molar-refractivity contribution in [2.45, 2.75) is 32.2 Å². The number of aryl methyl sites for hydroxylation is 1. The first kappa shape index (κ1) is 16.0. The third kappa shape index (κ3) is 3.08. The highest BCUT2D eigenvalue weighted by Crippen LogP contribution is 2.35. The number of amides is 1. The SMILES string of the molecule is Cc1nc(C2CCN2C(=O)c2ccc(F)cc2)cc(N2CCCC2)n1. The molecule has 6 heteroatoms. The molecule has 130 valence electrons. The van der Waals surface area contributed by atoms with Crippen LogP contribution in [0.3, 0.4) is 0 Å². The molecule has 1 atom stereocenters. The second-order valence-electron chi connectivity index (χ2n) is 6.70. The van der Waals surface area contributed by atoms with Crippen LogP contribution in [-0.4, -0.2) is 40.4 Å². The monoisotopic (exact) mass is 340 g/mol. The molecule has 0 spiro atoms. The molecule has 0 bridgehead atoms. The van der Waals surface area contributed by atoms with Gasteiger partial charge < -0.3 is 9.80 Å². The maximum absolute atomic E-state index is 13.1. The van der Waals surface area contributed by atoms with Crippen molar-refractivity contribution in [1.29, 1.82) is 0 Å². The number of likely N-dealkylation sites (tertiary alicyclic amines) is 1. The Balaban J connectivity index is 1.57. The summed E-state index contributed by atoms with van der Waals surface area (Å²) in [5, 5.41) is 0. The summed E-state index contributed by atoms with van der Waals surface area (Å²) in [5.41, 5.74) is 1.41. The fraction of sp³-hybridized carbons (Fsp3) is 0.421. The number of nitrogens with zero attached hydrogens (tertiary/aromatic N) is 4. The number of hydrogen-bond acceptors (Lipinski definition) is 4. The Hall–Kier alpha value is -2.50. The molecule has 1 amide bonds. The van der Waals surface area contributed by atoms with Crippen LogP contribution in [0.15, 0.2) is 30.3 Å². The van der Waals surface area contributed by atoms with Crippen molar-refractivity contribution < 1.29 is 9.18 Å². The fourth-order valence-corrected chi connectivity index (χ4v) is 3.55. The molecule has 3 heterocycles. The number of hydrogen-bond donors (Lipinski definition) is 0. The lowest BCUT2D eigenvalue weighted by Gasteiger charge is -2.41. The number of aromatic nitrogens is 2. The highest BCUT2D eigenvalue weighted by atomic mass is 19.1. The number of benzene rings is 1. The van der Waals surface area contributed by atoms with E-state index in [-0.39, 0.29) is 17.8 Å². The lowest BCUT2D eigenvalue weighted by molar-refractivity contribution is 0.0450. The Morgan fingerprint density at radius 3 is 2.48 bits per heavy atom. The average molecular weight is 340 g/mol. The molecule has 2 aliphatic heterocycles. The molecule has 0 radical (unpaired) electrons. The summed E-state index contributed by atoms with van der Waals surface area (Å²) in [4.78, 5) is 25.9. The van der Waals surface area contributed by atoms with Gasteiger partial charge in [0.1, 0.15) is 17.5 Å². The van der Waals surface area contributed by atoms with Crippen LogP contribution < -0.4 is 4.90 Å². The van der Waals surface area contributed by atoms with Gasteiger partial charge in [0.2, 0.25) is 0 Å². The minimum Gasteiger partial charge on any atom is -0.357 e. The van der Waals surface area contributed by atoms with Gasteiger partial charge in [-0.2, -0.15) is 0 Å². The van der Waals surface area contributed by atoms with Crippen LogP contribution in [0.1, 0.15) is 47.2 Å². The smallest absolute Gasteiger partial charge is 0.254 e. The predicted molar refractivity (Wildman–Crippen MR) is 93.0 cm³/mol. The summed E-state index contributed by atoms with van der Waals surface area (Å²) >= 11 is 0. The highest BCUT2D eigenvalue weighted by Gasteiger charge is 2.35. The van der Waals surface area contributed by atoms with E-state index in [0.29, 0.717) is 12.1 Å². The first-order valence-corrected chi connectivity index (χ1v) is 8.79. The Kier molecular flexibility index (Phi) is 4.11. The third-order valence-corrected chi connectivity index (χ3v) is 4.99. The zero-order chi connectivity index (χ0) is 17.4.